The van der Waals surface area contributed by atoms with E-state index in [-0.39, 0.29) is 23.2 Å². The topological polar surface area (TPSA) is 46.9 Å². The first-order valence-corrected chi connectivity index (χ1v) is 10.2. The molecule has 3 aromatic rings. The minimum Gasteiger partial charge on any atom is -0.323 e. The smallest absolute Gasteiger partial charge is 0.234 e. The van der Waals surface area contributed by atoms with Gasteiger partial charge in [-0.15, -0.1) is 5.10 Å². The number of carbonyl (C=O) groups excluding carboxylic acids is 1. The molecule has 2 aromatic carbocycles. The molecule has 134 valence electrons. The van der Waals surface area contributed by atoms with E-state index < -0.39 is 5.82 Å². The summed E-state index contributed by atoms with van der Waals surface area (Å²) < 4.78 is 29.9. The van der Waals surface area contributed by atoms with Gasteiger partial charge in [0, 0.05) is 4.47 Å². The first-order valence-electron chi connectivity index (χ1n) is 7.16. The van der Waals surface area contributed by atoms with Crippen molar-refractivity contribution >= 4 is 62.8 Å². The summed E-state index contributed by atoms with van der Waals surface area (Å²) in [5, 5.41) is 6.84. The zero-order chi connectivity index (χ0) is 18.7. The zero-order valence-electron chi connectivity index (χ0n) is 12.9. The second kappa shape index (κ2) is 8.38. The standard InChI is InChI=1S/C16H10BrF2N3OS3/c17-9-1-6-13(12(19)7-9)20-14(23)8-25-15-21-22(16(24)26-15)11-4-2-10(18)3-5-11/h1-7H,8H2,(H,20,23). The highest BCUT2D eigenvalue weighted by molar-refractivity contribution is 9.10. The average Bonchev–Trinajstić information content (AvgIpc) is 2.97. The lowest BCUT2D eigenvalue weighted by atomic mass is 10.3. The molecule has 0 saturated heterocycles. The van der Waals surface area contributed by atoms with Gasteiger partial charge in [-0.3, -0.25) is 4.79 Å². The van der Waals surface area contributed by atoms with E-state index in [1.165, 1.54) is 52.0 Å². The van der Waals surface area contributed by atoms with Crippen LogP contribution in [-0.4, -0.2) is 21.4 Å². The third kappa shape index (κ3) is 4.76. The van der Waals surface area contributed by atoms with E-state index in [2.05, 4.69) is 26.3 Å². The molecule has 0 saturated carbocycles. The van der Waals surface area contributed by atoms with Crippen LogP contribution in [-0.2, 0) is 4.79 Å². The van der Waals surface area contributed by atoms with Crippen LogP contribution >= 0.6 is 51.2 Å². The highest BCUT2D eigenvalue weighted by atomic mass is 79.9. The van der Waals surface area contributed by atoms with Crippen LogP contribution in [0.15, 0.2) is 51.3 Å². The number of benzene rings is 2. The van der Waals surface area contributed by atoms with Gasteiger partial charge < -0.3 is 5.32 Å². The molecule has 0 aliphatic carbocycles. The van der Waals surface area contributed by atoms with Crippen molar-refractivity contribution in [2.45, 2.75) is 4.34 Å². The van der Waals surface area contributed by atoms with Crippen LogP contribution in [0, 0.1) is 15.6 Å². The fourth-order valence-electron chi connectivity index (χ4n) is 1.97. The first kappa shape index (κ1) is 19.2. The van der Waals surface area contributed by atoms with Crippen molar-refractivity contribution < 1.29 is 13.6 Å². The SMILES string of the molecule is O=C(CSc1nn(-c2ccc(F)cc2)c(=S)s1)Nc1ccc(Br)cc1F. The van der Waals surface area contributed by atoms with E-state index in [1.54, 1.807) is 18.2 Å². The fraction of sp³-hybridized carbons (Fsp3) is 0.0625. The Morgan fingerprint density at radius 1 is 1.27 bits per heavy atom. The molecule has 1 amide bonds. The second-order valence-electron chi connectivity index (χ2n) is 4.98. The first-order chi connectivity index (χ1) is 12.4. The number of thioether (sulfide) groups is 1. The fourth-order valence-corrected chi connectivity index (χ4v) is 4.46. The van der Waals surface area contributed by atoms with Gasteiger partial charge in [-0.25, -0.2) is 13.5 Å². The van der Waals surface area contributed by atoms with Gasteiger partial charge in [0.1, 0.15) is 11.6 Å². The Bertz CT molecular complexity index is 1000. The minimum absolute atomic E-state index is 0.0568. The van der Waals surface area contributed by atoms with Crippen molar-refractivity contribution in [2.24, 2.45) is 0 Å². The molecule has 0 atom stereocenters. The van der Waals surface area contributed by atoms with Gasteiger partial charge in [-0.05, 0) is 54.7 Å². The van der Waals surface area contributed by atoms with Gasteiger partial charge in [0.25, 0.3) is 0 Å². The predicted molar refractivity (Wildman–Crippen MR) is 106 cm³/mol. The molecule has 0 radical (unpaired) electrons. The Morgan fingerprint density at radius 2 is 2.00 bits per heavy atom. The predicted octanol–water partition coefficient (Wildman–Crippen LogP) is 5.43. The number of aromatic nitrogens is 2. The van der Waals surface area contributed by atoms with Crippen molar-refractivity contribution in [2.75, 3.05) is 11.1 Å². The van der Waals surface area contributed by atoms with Gasteiger partial charge in [0.05, 0.1) is 17.1 Å². The average molecular weight is 474 g/mol. The Kier molecular flexibility index (Phi) is 6.17. The van der Waals surface area contributed by atoms with Crippen LogP contribution in [0.2, 0.25) is 0 Å². The summed E-state index contributed by atoms with van der Waals surface area (Å²) in [6.07, 6.45) is 0. The molecular weight excluding hydrogens is 464 g/mol. The number of hydrogen-bond donors (Lipinski definition) is 1. The van der Waals surface area contributed by atoms with E-state index in [9.17, 15) is 13.6 Å². The molecule has 0 spiro atoms. The normalized spacial score (nSPS) is 10.7. The van der Waals surface area contributed by atoms with Gasteiger partial charge >= 0.3 is 0 Å². The maximum Gasteiger partial charge on any atom is 0.234 e. The van der Waals surface area contributed by atoms with Gasteiger partial charge in [0.2, 0.25) is 5.91 Å². The van der Waals surface area contributed by atoms with E-state index in [1.807, 2.05) is 0 Å². The zero-order valence-corrected chi connectivity index (χ0v) is 16.9. The third-order valence-corrected chi connectivity index (χ3v) is 5.99. The van der Waals surface area contributed by atoms with E-state index in [0.29, 0.717) is 18.5 Å². The lowest BCUT2D eigenvalue weighted by molar-refractivity contribution is -0.113. The van der Waals surface area contributed by atoms with Crippen LogP contribution in [0.5, 0.6) is 0 Å². The molecular formula is C16H10BrF2N3OS3. The molecule has 0 aliphatic heterocycles. The molecule has 0 bridgehead atoms. The summed E-state index contributed by atoms with van der Waals surface area (Å²) in [4.78, 5) is 12.0. The molecule has 3 rings (SSSR count). The van der Waals surface area contributed by atoms with Crippen LogP contribution < -0.4 is 5.32 Å². The minimum atomic E-state index is -0.519. The number of rotatable bonds is 5. The van der Waals surface area contributed by atoms with Crippen LogP contribution in [0.1, 0.15) is 0 Å². The van der Waals surface area contributed by atoms with Crippen LogP contribution in [0.3, 0.4) is 0 Å². The Morgan fingerprint density at radius 3 is 2.69 bits per heavy atom. The summed E-state index contributed by atoms with van der Waals surface area (Å²) in [6, 6.07) is 10.2. The van der Waals surface area contributed by atoms with Crippen molar-refractivity contribution in [3.63, 3.8) is 0 Å². The number of halogens is 3. The molecule has 0 unspecified atom stereocenters. The Balaban J connectivity index is 1.64. The maximum atomic E-state index is 13.7. The monoisotopic (exact) mass is 473 g/mol. The molecule has 26 heavy (non-hydrogen) atoms. The van der Waals surface area contributed by atoms with Gasteiger partial charge in [-0.2, -0.15) is 0 Å². The summed E-state index contributed by atoms with van der Waals surface area (Å²) in [5.74, 6) is -1.16. The maximum absolute atomic E-state index is 13.7. The van der Waals surface area contributed by atoms with Crippen molar-refractivity contribution in [3.8, 4) is 5.69 Å². The quantitative estimate of drug-likeness (QED) is 0.396. The lowest BCUT2D eigenvalue weighted by Crippen LogP contribution is -2.15. The molecule has 0 fully saturated rings. The van der Waals surface area contributed by atoms with Crippen LogP contribution in [0.4, 0.5) is 14.5 Å². The van der Waals surface area contributed by atoms with E-state index in [0.717, 1.165) is 0 Å². The number of anilines is 1. The summed E-state index contributed by atoms with van der Waals surface area (Å²) >= 11 is 10.9. The summed E-state index contributed by atoms with van der Waals surface area (Å²) in [7, 11) is 0. The molecule has 1 heterocycles. The number of nitrogens with zero attached hydrogens (tertiary/aromatic N) is 2. The lowest BCUT2D eigenvalue weighted by Gasteiger charge is -2.05. The van der Waals surface area contributed by atoms with Crippen molar-refractivity contribution in [1.29, 1.82) is 0 Å². The molecule has 1 N–H and O–H groups in total. The molecule has 10 heteroatoms. The number of carbonyl (C=O) groups is 1. The highest BCUT2D eigenvalue weighted by Gasteiger charge is 2.11. The van der Waals surface area contributed by atoms with Crippen LogP contribution in [0.25, 0.3) is 5.69 Å². The molecule has 1 aromatic heterocycles. The van der Waals surface area contributed by atoms with Gasteiger partial charge in [0.15, 0.2) is 8.29 Å². The van der Waals surface area contributed by atoms with Crippen molar-refractivity contribution in [3.05, 3.63) is 62.5 Å². The Labute approximate surface area is 169 Å². The summed E-state index contributed by atoms with van der Waals surface area (Å²) in [5.41, 5.74) is 0.754. The number of nitrogens with one attached hydrogen (secondary N) is 1. The molecule has 4 nitrogen and oxygen atoms in total. The van der Waals surface area contributed by atoms with E-state index in [4.69, 9.17) is 12.2 Å². The largest absolute Gasteiger partial charge is 0.323 e. The second-order valence-corrected chi connectivity index (χ2v) is 8.74. The summed E-state index contributed by atoms with van der Waals surface area (Å²) in [6.45, 7) is 0. The molecule has 0 aliphatic rings. The number of amides is 1. The van der Waals surface area contributed by atoms with E-state index >= 15 is 0 Å². The van der Waals surface area contributed by atoms with Crippen molar-refractivity contribution in [1.82, 2.24) is 9.78 Å². The third-order valence-electron chi connectivity index (χ3n) is 3.13. The van der Waals surface area contributed by atoms with Gasteiger partial charge in [-0.1, -0.05) is 39.0 Å². The Hall–Kier alpha value is -1.62. The number of hydrogen-bond acceptors (Lipinski definition) is 5. The highest BCUT2D eigenvalue weighted by Crippen LogP contribution is 2.25.